The molecule has 0 aromatic heterocycles. The Morgan fingerprint density at radius 1 is 0.828 bits per heavy atom. The zero-order chi connectivity index (χ0) is 19.3. The van der Waals surface area contributed by atoms with Crippen LogP contribution in [0.1, 0.15) is 70.6 Å². The van der Waals surface area contributed by atoms with Gasteiger partial charge in [0.05, 0.1) is 6.61 Å². The molecule has 0 bridgehead atoms. The minimum absolute atomic E-state index is 0. The van der Waals surface area contributed by atoms with Crippen LogP contribution in [0.3, 0.4) is 0 Å². The Kier molecular flexibility index (Phi) is 12.5. The van der Waals surface area contributed by atoms with Gasteiger partial charge in [0, 0.05) is 6.61 Å². The second kappa shape index (κ2) is 14.9. The first kappa shape index (κ1) is 24.3. The van der Waals surface area contributed by atoms with Crippen molar-refractivity contribution in [3.63, 3.8) is 0 Å². The molecular formula is C24H40ClNO3. The molecule has 29 heavy (non-hydrogen) atoms. The number of para-hydroxylation sites is 2. The number of hydrogen-bond donors (Lipinski definition) is 0. The van der Waals surface area contributed by atoms with Gasteiger partial charge < -0.3 is 19.1 Å². The van der Waals surface area contributed by atoms with Gasteiger partial charge in [-0.1, -0.05) is 57.1 Å². The van der Waals surface area contributed by atoms with Gasteiger partial charge in [-0.15, -0.1) is 12.4 Å². The minimum Gasteiger partial charge on any atom is -0.486 e. The lowest BCUT2D eigenvalue weighted by atomic mass is 10.1. The Hall–Kier alpha value is -0.970. The van der Waals surface area contributed by atoms with Crippen LogP contribution in [0.4, 0.5) is 0 Å². The molecule has 2 aliphatic rings. The maximum absolute atomic E-state index is 5.91. The second-order valence-electron chi connectivity index (χ2n) is 8.30. The third-order valence-electron chi connectivity index (χ3n) is 5.83. The average Bonchev–Trinajstić information content (AvgIpc) is 2.75. The van der Waals surface area contributed by atoms with Gasteiger partial charge in [0.2, 0.25) is 0 Å². The highest BCUT2D eigenvalue weighted by Crippen LogP contribution is 2.30. The van der Waals surface area contributed by atoms with Crippen molar-refractivity contribution in [3.8, 4) is 11.5 Å². The number of ether oxygens (including phenoxy) is 3. The third-order valence-corrected chi connectivity index (χ3v) is 5.83. The molecule has 1 saturated heterocycles. The maximum atomic E-state index is 5.91. The summed E-state index contributed by atoms with van der Waals surface area (Å²) in [6.45, 7) is 6.04. The smallest absolute Gasteiger partial charge is 0.161 e. The standard InChI is InChI=1S/C24H39NO3.ClH/c1(3-5-10-16-25-17-11-7-12-18-25)2-4-6-13-19-26-20-22-21-27-23-14-8-9-15-24(23)28-22;/h8-9,14-15,22H,1-7,10-13,16-21H2;1H/t22-;/m1./s1. The van der Waals surface area contributed by atoms with E-state index in [1.165, 1.54) is 83.8 Å². The van der Waals surface area contributed by atoms with Crippen molar-refractivity contribution >= 4 is 12.4 Å². The lowest BCUT2D eigenvalue weighted by molar-refractivity contribution is 0.00778. The van der Waals surface area contributed by atoms with E-state index in [0.717, 1.165) is 24.5 Å². The van der Waals surface area contributed by atoms with E-state index in [1.807, 2.05) is 24.3 Å². The van der Waals surface area contributed by atoms with Gasteiger partial charge >= 0.3 is 0 Å². The molecule has 1 fully saturated rings. The molecule has 1 aromatic rings. The molecule has 0 unspecified atom stereocenters. The molecule has 0 aliphatic carbocycles. The average molecular weight is 426 g/mol. The van der Waals surface area contributed by atoms with Crippen LogP contribution in [-0.4, -0.2) is 50.5 Å². The first-order valence-corrected chi connectivity index (χ1v) is 11.6. The summed E-state index contributed by atoms with van der Waals surface area (Å²) >= 11 is 0. The monoisotopic (exact) mass is 425 g/mol. The Labute approximate surface area is 183 Å². The van der Waals surface area contributed by atoms with E-state index in [9.17, 15) is 0 Å². The molecule has 2 aliphatic heterocycles. The fourth-order valence-electron chi connectivity index (χ4n) is 4.14. The van der Waals surface area contributed by atoms with Crippen molar-refractivity contribution in [2.45, 2.75) is 76.7 Å². The molecule has 1 aromatic carbocycles. The van der Waals surface area contributed by atoms with Crippen molar-refractivity contribution in [2.24, 2.45) is 0 Å². The lowest BCUT2D eigenvalue weighted by Crippen LogP contribution is -2.33. The van der Waals surface area contributed by atoms with Crippen LogP contribution in [0.2, 0.25) is 0 Å². The summed E-state index contributed by atoms with van der Waals surface area (Å²) in [4.78, 5) is 2.66. The summed E-state index contributed by atoms with van der Waals surface area (Å²) in [5, 5.41) is 0. The quantitative estimate of drug-likeness (QED) is 0.370. The van der Waals surface area contributed by atoms with Crippen LogP contribution in [0.25, 0.3) is 0 Å². The molecule has 3 rings (SSSR count). The SMILES string of the molecule is Cl.c1ccc2c(c1)OC[C@@H](COCCCCCCCCCCN1CCCCC1)O2. The van der Waals surface area contributed by atoms with E-state index in [2.05, 4.69) is 4.90 Å². The highest BCUT2D eigenvalue weighted by molar-refractivity contribution is 5.85. The molecule has 166 valence electrons. The van der Waals surface area contributed by atoms with Gasteiger partial charge in [-0.2, -0.15) is 0 Å². The Morgan fingerprint density at radius 3 is 2.24 bits per heavy atom. The molecule has 2 heterocycles. The zero-order valence-electron chi connectivity index (χ0n) is 18.0. The zero-order valence-corrected chi connectivity index (χ0v) is 18.8. The van der Waals surface area contributed by atoms with Crippen LogP contribution < -0.4 is 9.47 Å². The fourth-order valence-corrected chi connectivity index (χ4v) is 4.14. The fraction of sp³-hybridized carbons (Fsp3) is 0.750. The minimum atomic E-state index is 0. The van der Waals surface area contributed by atoms with E-state index >= 15 is 0 Å². The largest absolute Gasteiger partial charge is 0.486 e. The molecule has 4 nitrogen and oxygen atoms in total. The van der Waals surface area contributed by atoms with Gasteiger partial charge in [-0.05, 0) is 57.5 Å². The number of nitrogens with zero attached hydrogens (tertiary/aromatic N) is 1. The molecule has 0 saturated carbocycles. The number of hydrogen-bond acceptors (Lipinski definition) is 4. The molecular weight excluding hydrogens is 386 g/mol. The summed E-state index contributed by atoms with van der Waals surface area (Å²) in [7, 11) is 0. The van der Waals surface area contributed by atoms with Crippen LogP contribution in [-0.2, 0) is 4.74 Å². The summed E-state index contributed by atoms with van der Waals surface area (Å²) in [5.41, 5.74) is 0. The van der Waals surface area contributed by atoms with Crippen molar-refractivity contribution in [1.82, 2.24) is 4.90 Å². The second-order valence-corrected chi connectivity index (χ2v) is 8.30. The Morgan fingerprint density at radius 2 is 1.48 bits per heavy atom. The number of rotatable bonds is 13. The Balaban J connectivity index is 0.00000300. The predicted molar refractivity (Wildman–Crippen MR) is 122 cm³/mol. The molecule has 5 heteroatoms. The highest BCUT2D eigenvalue weighted by atomic mass is 35.5. The van der Waals surface area contributed by atoms with E-state index in [0.29, 0.717) is 13.2 Å². The third kappa shape index (κ3) is 9.59. The van der Waals surface area contributed by atoms with Gasteiger partial charge in [-0.3, -0.25) is 0 Å². The van der Waals surface area contributed by atoms with Gasteiger partial charge in [0.25, 0.3) is 0 Å². The van der Waals surface area contributed by atoms with Crippen LogP contribution in [0.15, 0.2) is 24.3 Å². The normalized spacial score (nSPS) is 19.0. The summed E-state index contributed by atoms with van der Waals surface area (Å²) in [5.74, 6) is 1.67. The highest BCUT2D eigenvalue weighted by Gasteiger charge is 2.20. The number of unbranched alkanes of at least 4 members (excludes halogenated alkanes) is 7. The first-order chi connectivity index (χ1) is 13.9. The van der Waals surface area contributed by atoms with E-state index < -0.39 is 0 Å². The van der Waals surface area contributed by atoms with Crippen molar-refractivity contribution in [2.75, 3.05) is 39.5 Å². The van der Waals surface area contributed by atoms with Crippen molar-refractivity contribution in [1.29, 1.82) is 0 Å². The van der Waals surface area contributed by atoms with Crippen LogP contribution in [0.5, 0.6) is 11.5 Å². The van der Waals surface area contributed by atoms with Crippen molar-refractivity contribution in [3.05, 3.63) is 24.3 Å². The molecule has 0 N–H and O–H groups in total. The van der Waals surface area contributed by atoms with E-state index in [1.54, 1.807) is 0 Å². The maximum Gasteiger partial charge on any atom is 0.161 e. The number of benzene rings is 1. The lowest BCUT2D eigenvalue weighted by Gasteiger charge is -2.26. The van der Waals surface area contributed by atoms with Crippen LogP contribution >= 0.6 is 12.4 Å². The van der Waals surface area contributed by atoms with E-state index in [-0.39, 0.29) is 18.5 Å². The van der Waals surface area contributed by atoms with Gasteiger partial charge in [-0.25, -0.2) is 0 Å². The molecule has 0 radical (unpaired) electrons. The topological polar surface area (TPSA) is 30.9 Å². The van der Waals surface area contributed by atoms with Gasteiger partial charge in [0.1, 0.15) is 6.61 Å². The molecule has 0 spiro atoms. The number of piperidine rings is 1. The predicted octanol–water partition coefficient (Wildman–Crippen LogP) is 5.87. The summed E-state index contributed by atoms with van der Waals surface area (Å²) in [6, 6.07) is 7.84. The number of fused-ring (bicyclic) bond motifs is 1. The number of likely N-dealkylation sites (tertiary alicyclic amines) is 1. The van der Waals surface area contributed by atoms with E-state index in [4.69, 9.17) is 14.2 Å². The molecule has 1 atom stereocenters. The van der Waals surface area contributed by atoms with Crippen LogP contribution in [0, 0.1) is 0 Å². The number of halogens is 1. The first-order valence-electron chi connectivity index (χ1n) is 11.6. The summed E-state index contributed by atoms with van der Waals surface area (Å²) < 4.78 is 17.4. The van der Waals surface area contributed by atoms with Crippen molar-refractivity contribution < 1.29 is 14.2 Å². The molecule has 0 amide bonds. The summed E-state index contributed by atoms with van der Waals surface area (Å²) in [6.07, 6.45) is 15.0. The van der Waals surface area contributed by atoms with Gasteiger partial charge in [0.15, 0.2) is 17.6 Å². The Bertz CT molecular complexity index is 537.